The smallest absolute Gasteiger partial charge is 0.335 e. The van der Waals surface area contributed by atoms with Crippen molar-refractivity contribution < 1.29 is 18.0 Å². The molecule has 3 rings (SSSR count). The number of aromatic nitrogens is 5. The number of fused-ring (bicyclic) bond motifs is 1. The van der Waals surface area contributed by atoms with E-state index in [4.69, 9.17) is 0 Å². The third-order valence-electron chi connectivity index (χ3n) is 3.15. The summed E-state index contributed by atoms with van der Waals surface area (Å²) in [5.74, 6) is -1.86. The number of rotatable bonds is 2. The van der Waals surface area contributed by atoms with Crippen molar-refractivity contribution in [3.05, 3.63) is 44.9 Å². The largest absolute Gasteiger partial charge is 0.454 e. The van der Waals surface area contributed by atoms with Gasteiger partial charge < -0.3 is 4.57 Å². The lowest BCUT2D eigenvalue weighted by Gasteiger charge is -2.01. The molecule has 8 nitrogen and oxygen atoms in total. The van der Waals surface area contributed by atoms with Crippen molar-refractivity contribution in [1.82, 2.24) is 24.3 Å². The maximum Gasteiger partial charge on any atom is 0.454 e. The molecule has 0 saturated heterocycles. The summed E-state index contributed by atoms with van der Waals surface area (Å²) in [6.07, 6.45) is -2.75. The molecule has 120 valence electrons. The summed E-state index contributed by atoms with van der Waals surface area (Å²) in [4.78, 5) is 38.4. The fourth-order valence-corrected chi connectivity index (χ4v) is 2.13. The van der Waals surface area contributed by atoms with Crippen LogP contribution in [-0.2, 0) is 7.05 Å². The third kappa shape index (κ3) is 2.45. The Morgan fingerprint density at radius 2 is 1.91 bits per heavy atom. The number of hydrogen-bond acceptors (Lipinski definition) is 4. The van der Waals surface area contributed by atoms with Crippen LogP contribution in [0.4, 0.5) is 13.2 Å². The highest BCUT2D eigenvalue weighted by atomic mass is 19.4. The highest BCUT2D eigenvalue weighted by Crippen LogP contribution is 2.23. The zero-order chi connectivity index (χ0) is 16.9. The second-order valence-corrected chi connectivity index (χ2v) is 4.77. The molecule has 3 aromatic rings. The molecule has 3 heterocycles. The van der Waals surface area contributed by atoms with Crippen molar-refractivity contribution in [2.24, 2.45) is 7.05 Å². The van der Waals surface area contributed by atoms with Gasteiger partial charge in [0.05, 0.1) is 0 Å². The zero-order valence-corrected chi connectivity index (χ0v) is 11.4. The number of H-pyrrole nitrogens is 2. The molecule has 2 N–H and O–H groups in total. The van der Waals surface area contributed by atoms with Crippen molar-refractivity contribution in [3.63, 3.8) is 0 Å². The van der Waals surface area contributed by atoms with Crippen LogP contribution in [0.15, 0.2) is 28.0 Å². The van der Waals surface area contributed by atoms with Crippen LogP contribution in [0.3, 0.4) is 0 Å². The lowest BCUT2D eigenvalue weighted by Crippen LogP contribution is -2.22. The number of carbonyl (C=O) groups is 1. The molecule has 0 atom stereocenters. The molecule has 0 aliphatic rings. The van der Waals surface area contributed by atoms with Crippen molar-refractivity contribution in [2.45, 2.75) is 6.18 Å². The van der Waals surface area contributed by atoms with Crippen molar-refractivity contribution in [3.8, 4) is 5.82 Å². The fourth-order valence-electron chi connectivity index (χ4n) is 2.13. The Balaban J connectivity index is 2.15. The molecule has 0 aliphatic heterocycles. The van der Waals surface area contributed by atoms with Gasteiger partial charge in [0.1, 0.15) is 11.2 Å². The topological polar surface area (TPSA) is 106 Å². The Kier molecular flexibility index (Phi) is 3.02. The molecular weight excluding hydrogens is 319 g/mol. The number of ketones is 1. The second-order valence-electron chi connectivity index (χ2n) is 4.77. The molecule has 0 spiro atoms. The van der Waals surface area contributed by atoms with Crippen LogP contribution in [0, 0.1) is 0 Å². The van der Waals surface area contributed by atoms with Gasteiger partial charge in [0.2, 0.25) is 0 Å². The van der Waals surface area contributed by atoms with Gasteiger partial charge in [-0.05, 0) is 6.07 Å². The van der Waals surface area contributed by atoms with Gasteiger partial charge in [0.15, 0.2) is 5.65 Å². The molecule has 0 radical (unpaired) electrons. The number of Topliss-reactive ketones (excluding diaryl/α,β-unsaturated/α-hetero) is 1. The summed E-state index contributed by atoms with van der Waals surface area (Å²) in [7, 11) is 1.42. The summed E-state index contributed by atoms with van der Waals surface area (Å²) in [5, 5.41) is 3.98. The molecular formula is C12H8F3N5O3. The Morgan fingerprint density at radius 3 is 2.57 bits per heavy atom. The molecule has 0 unspecified atom stereocenters. The van der Waals surface area contributed by atoms with Gasteiger partial charge in [0.25, 0.3) is 11.3 Å². The Labute approximate surface area is 124 Å². The van der Waals surface area contributed by atoms with E-state index in [1.54, 1.807) is 0 Å². The highest BCUT2D eigenvalue weighted by Gasteiger charge is 2.40. The summed E-state index contributed by atoms with van der Waals surface area (Å²) in [5.41, 5.74) is -2.02. The van der Waals surface area contributed by atoms with Crippen LogP contribution in [0.25, 0.3) is 16.9 Å². The van der Waals surface area contributed by atoms with Crippen LogP contribution in [0.1, 0.15) is 10.4 Å². The van der Waals surface area contributed by atoms with E-state index in [1.165, 1.54) is 17.8 Å². The molecule has 0 amide bonds. The minimum atomic E-state index is -4.99. The molecule has 0 aliphatic carbocycles. The Morgan fingerprint density at radius 1 is 1.22 bits per heavy atom. The van der Waals surface area contributed by atoms with Gasteiger partial charge in [0, 0.05) is 25.0 Å². The number of aromatic amines is 2. The standard InChI is InChI=1S/C12H8F3N5O3/c1-19-3-5(8(21)12(13,14)15)2-7(19)20-4-6-9(18-20)16-11(23)17-10(6)22/h2-4H,1H3,(H2,16,17,18,22,23). The Hall–Kier alpha value is -3.11. The van der Waals surface area contributed by atoms with E-state index < -0.39 is 28.8 Å². The van der Waals surface area contributed by atoms with Gasteiger partial charge in [-0.25, -0.2) is 9.48 Å². The average Bonchev–Trinajstić information content (AvgIpc) is 3.00. The quantitative estimate of drug-likeness (QED) is 0.668. The number of nitrogens with zero attached hydrogens (tertiary/aromatic N) is 3. The van der Waals surface area contributed by atoms with Crippen LogP contribution in [0.5, 0.6) is 0 Å². The van der Waals surface area contributed by atoms with E-state index >= 15 is 0 Å². The number of nitrogens with one attached hydrogen (secondary N) is 2. The summed E-state index contributed by atoms with van der Waals surface area (Å²) in [6.45, 7) is 0. The molecule has 0 fully saturated rings. The van der Waals surface area contributed by atoms with Gasteiger partial charge in [-0.2, -0.15) is 13.2 Å². The molecule has 3 aromatic heterocycles. The maximum absolute atomic E-state index is 12.5. The second kappa shape index (κ2) is 4.69. The molecule has 0 saturated carbocycles. The molecule has 0 bridgehead atoms. The van der Waals surface area contributed by atoms with Gasteiger partial charge in [-0.3, -0.25) is 19.6 Å². The minimum Gasteiger partial charge on any atom is -0.335 e. The van der Waals surface area contributed by atoms with E-state index in [0.717, 1.165) is 16.9 Å². The first-order chi connectivity index (χ1) is 10.7. The van der Waals surface area contributed by atoms with E-state index in [9.17, 15) is 27.6 Å². The number of carbonyl (C=O) groups excluding carboxylic acids is 1. The van der Waals surface area contributed by atoms with Crippen molar-refractivity contribution >= 4 is 16.8 Å². The average molecular weight is 327 g/mol. The molecule has 23 heavy (non-hydrogen) atoms. The van der Waals surface area contributed by atoms with E-state index in [0.29, 0.717) is 0 Å². The van der Waals surface area contributed by atoms with Crippen LogP contribution < -0.4 is 11.2 Å². The van der Waals surface area contributed by atoms with E-state index in [1.807, 2.05) is 4.98 Å². The van der Waals surface area contributed by atoms with Gasteiger partial charge >= 0.3 is 11.9 Å². The van der Waals surface area contributed by atoms with E-state index in [2.05, 4.69) is 10.1 Å². The lowest BCUT2D eigenvalue weighted by molar-refractivity contribution is -0.0885. The van der Waals surface area contributed by atoms with Crippen molar-refractivity contribution in [1.29, 1.82) is 0 Å². The highest BCUT2D eigenvalue weighted by molar-refractivity contribution is 6.00. The maximum atomic E-state index is 12.5. The van der Waals surface area contributed by atoms with Crippen LogP contribution in [-0.4, -0.2) is 36.3 Å². The Bertz CT molecular complexity index is 1040. The van der Waals surface area contributed by atoms with Crippen LogP contribution in [0.2, 0.25) is 0 Å². The predicted molar refractivity (Wildman–Crippen MR) is 71.7 cm³/mol. The third-order valence-corrected chi connectivity index (χ3v) is 3.15. The van der Waals surface area contributed by atoms with Gasteiger partial charge in [-0.1, -0.05) is 0 Å². The van der Waals surface area contributed by atoms with E-state index in [-0.39, 0.29) is 16.9 Å². The van der Waals surface area contributed by atoms with Gasteiger partial charge in [-0.15, -0.1) is 5.10 Å². The first-order valence-corrected chi connectivity index (χ1v) is 6.17. The SMILES string of the molecule is Cn1cc(C(=O)C(F)(F)F)cc1-n1cc2c(=O)[nH]c(=O)[nH]c2n1. The zero-order valence-electron chi connectivity index (χ0n) is 11.4. The normalized spacial score (nSPS) is 12.0. The fraction of sp³-hybridized carbons (Fsp3) is 0.167. The number of aryl methyl sites for hydroxylation is 1. The monoisotopic (exact) mass is 327 g/mol. The summed E-state index contributed by atoms with van der Waals surface area (Å²) in [6, 6.07) is 0.994. The summed E-state index contributed by atoms with van der Waals surface area (Å²) >= 11 is 0. The number of halogens is 3. The predicted octanol–water partition coefficient (Wildman–Crippen LogP) is 0.486. The minimum absolute atomic E-state index is 0.0244. The number of alkyl halides is 3. The number of hydrogen-bond donors (Lipinski definition) is 2. The first-order valence-electron chi connectivity index (χ1n) is 6.17. The molecule has 0 aromatic carbocycles. The first kappa shape index (κ1) is 14.8. The van der Waals surface area contributed by atoms with Crippen molar-refractivity contribution in [2.75, 3.05) is 0 Å². The lowest BCUT2D eigenvalue weighted by atomic mass is 10.2. The summed E-state index contributed by atoms with van der Waals surface area (Å²) < 4.78 is 39.8. The molecule has 11 heteroatoms. The van der Waals surface area contributed by atoms with Crippen LogP contribution >= 0.6 is 0 Å².